The molecule has 1 aliphatic rings. The van der Waals surface area contributed by atoms with Gasteiger partial charge in [0.2, 0.25) is 5.91 Å². The van der Waals surface area contributed by atoms with E-state index >= 15 is 0 Å². The Morgan fingerprint density at radius 1 is 1.40 bits per heavy atom. The van der Waals surface area contributed by atoms with Crippen molar-refractivity contribution < 1.29 is 4.79 Å². The number of anilines is 1. The van der Waals surface area contributed by atoms with Crippen molar-refractivity contribution in [2.24, 2.45) is 0 Å². The predicted octanol–water partition coefficient (Wildman–Crippen LogP) is 2.75. The number of carbonyl (C=O) groups is 1. The summed E-state index contributed by atoms with van der Waals surface area (Å²) in [7, 11) is 0. The summed E-state index contributed by atoms with van der Waals surface area (Å²) >= 11 is 3.41. The summed E-state index contributed by atoms with van der Waals surface area (Å²) < 4.78 is -0.482. The lowest BCUT2D eigenvalue weighted by Crippen LogP contribution is -2.40. The molecule has 3 heteroatoms. The molecule has 1 aromatic rings. The van der Waals surface area contributed by atoms with Crippen molar-refractivity contribution in [1.29, 1.82) is 0 Å². The molecule has 1 aromatic carbocycles. The predicted molar refractivity (Wildman–Crippen MR) is 65.5 cm³/mol. The van der Waals surface area contributed by atoms with Gasteiger partial charge in [0, 0.05) is 12.2 Å². The molecule has 1 amide bonds. The van der Waals surface area contributed by atoms with Gasteiger partial charge in [0.1, 0.15) is 0 Å². The number of halogens is 1. The van der Waals surface area contributed by atoms with E-state index in [1.807, 2.05) is 36.9 Å². The number of rotatable bonds is 1. The van der Waals surface area contributed by atoms with Crippen LogP contribution in [-0.2, 0) is 11.2 Å². The van der Waals surface area contributed by atoms with Crippen molar-refractivity contribution in [3.63, 3.8) is 0 Å². The highest BCUT2D eigenvalue weighted by Gasteiger charge is 2.33. The third-order valence-corrected chi connectivity index (χ3v) is 2.98. The Morgan fingerprint density at radius 2 is 2.07 bits per heavy atom. The van der Waals surface area contributed by atoms with Crippen LogP contribution in [0.15, 0.2) is 24.3 Å². The number of fused-ring (bicyclic) bond motifs is 1. The topological polar surface area (TPSA) is 20.3 Å². The molecule has 2 rings (SSSR count). The molecule has 0 aliphatic carbocycles. The fourth-order valence-corrected chi connectivity index (χ4v) is 2.08. The fraction of sp³-hybridized carbons (Fsp3) is 0.417. The largest absolute Gasteiger partial charge is 0.311 e. The summed E-state index contributed by atoms with van der Waals surface area (Å²) in [5, 5.41) is 0. The molecule has 80 valence electrons. The average molecular weight is 268 g/mol. The quantitative estimate of drug-likeness (QED) is 0.717. The summed E-state index contributed by atoms with van der Waals surface area (Å²) in [6.07, 6.45) is 0.963. The van der Waals surface area contributed by atoms with Gasteiger partial charge in [-0.15, -0.1) is 0 Å². The standard InChI is InChI=1S/C12H14BrNO/c1-12(2,13)11(15)14-8-7-9-5-3-4-6-10(9)14/h3-6H,7-8H2,1-2H3. The minimum absolute atomic E-state index is 0.132. The average Bonchev–Trinajstić information content (AvgIpc) is 2.58. The molecular weight excluding hydrogens is 254 g/mol. The second kappa shape index (κ2) is 3.63. The van der Waals surface area contributed by atoms with Gasteiger partial charge in [0.25, 0.3) is 0 Å². The molecule has 0 saturated carbocycles. The Morgan fingerprint density at radius 3 is 2.73 bits per heavy atom. The zero-order valence-electron chi connectivity index (χ0n) is 8.96. The van der Waals surface area contributed by atoms with Crippen LogP contribution in [0.1, 0.15) is 19.4 Å². The lowest BCUT2D eigenvalue weighted by molar-refractivity contribution is -0.119. The van der Waals surface area contributed by atoms with Crippen molar-refractivity contribution in [1.82, 2.24) is 0 Å². The van der Waals surface area contributed by atoms with Gasteiger partial charge in [-0.05, 0) is 31.9 Å². The second-order valence-corrected chi connectivity index (χ2v) is 6.29. The second-order valence-electron chi connectivity index (χ2n) is 4.31. The van der Waals surface area contributed by atoms with Gasteiger partial charge in [-0.3, -0.25) is 4.79 Å². The normalized spacial score (nSPS) is 15.3. The van der Waals surface area contributed by atoms with Crippen LogP contribution in [0.5, 0.6) is 0 Å². The Balaban J connectivity index is 2.32. The molecule has 0 N–H and O–H groups in total. The van der Waals surface area contributed by atoms with E-state index in [4.69, 9.17) is 0 Å². The van der Waals surface area contributed by atoms with Gasteiger partial charge in [-0.25, -0.2) is 0 Å². The van der Waals surface area contributed by atoms with E-state index in [9.17, 15) is 4.79 Å². The first kappa shape index (κ1) is 10.7. The Bertz CT molecular complexity index is 395. The molecule has 2 nitrogen and oxygen atoms in total. The number of amides is 1. The van der Waals surface area contributed by atoms with Crippen LogP contribution in [0.4, 0.5) is 5.69 Å². The van der Waals surface area contributed by atoms with Gasteiger partial charge < -0.3 is 4.90 Å². The van der Waals surface area contributed by atoms with E-state index < -0.39 is 4.32 Å². The maximum absolute atomic E-state index is 12.1. The number of benzene rings is 1. The molecule has 0 spiro atoms. The number of para-hydroxylation sites is 1. The molecule has 1 aliphatic heterocycles. The summed E-state index contributed by atoms with van der Waals surface area (Å²) in [6.45, 7) is 4.57. The highest BCUT2D eigenvalue weighted by molar-refractivity contribution is 9.10. The van der Waals surface area contributed by atoms with Gasteiger partial charge in [0.15, 0.2) is 0 Å². The summed E-state index contributed by atoms with van der Waals surface area (Å²) in [5.41, 5.74) is 2.33. The van der Waals surface area contributed by atoms with Crippen LogP contribution >= 0.6 is 15.9 Å². The number of nitrogens with zero attached hydrogens (tertiary/aromatic N) is 1. The van der Waals surface area contributed by atoms with Gasteiger partial charge >= 0.3 is 0 Å². The van der Waals surface area contributed by atoms with Crippen LogP contribution in [0, 0.1) is 0 Å². The molecule has 0 atom stereocenters. The number of hydrogen-bond donors (Lipinski definition) is 0. The van der Waals surface area contributed by atoms with Crippen molar-refractivity contribution in [3.05, 3.63) is 29.8 Å². The molecule has 0 saturated heterocycles. The minimum Gasteiger partial charge on any atom is -0.311 e. The van der Waals surface area contributed by atoms with E-state index in [-0.39, 0.29) is 5.91 Å². The third-order valence-electron chi connectivity index (χ3n) is 2.64. The molecule has 0 bridgehead atoms. The first-order valence-corrected chi connectivity index (χ1v) is 5.88. The smallest absolute Gasteiger partial charge is 0.243 e. The van der Waals surface area contributed by atoms with E-state index in [1.165, 1.54) is 5.56 Å². The van der Waals surface area contributed by atoms with Crippen LogP contribution in [-0.4, -0.2) is 16.8 Å². The summed E-state index contributed by atoms with van der Waals surface area (Å²) in [4.78, 5) is 14.0. The first-order chi connectivity index (χ1) is 7.00. The zero-order chi connectivity index (χ0) is 11.1. The Hall–Kier alpha value is -0.830. The van der Waals surface area contributed by atoms with E-state index in [1.54, 1.807) is 0 Å². The Kier molecular flexibility index (Phi) is 2.59. The molecule has 0 aromatic heterocycles. The van der Waals surface area contributed by atoms with Crippen LogP contribution in [0.25, 0.3) is 0 Å². The summed E-state index contributed by atoms with van der Waals surface area (Å²) in [5.74, 6) is 0.132. The fourth-order valence-electron chi connectivity index (χ4n) is 1.87. The van der Waals surface area contributed by atoms with E-state index in [0.717, 1.165) is 18.7 Å². The van der Waals surface area contributed by atoms with Crippen LogP contribution < -0.4 is 4.90 Å². The number of hydrogen-bond acceptors (Lipinski definition) is 1. The van der Waals surface area contributed by atoms with Crippen LogP contribution in [0.3, 0.4) is 0 Å². The van der Waals surface area contributed by atoms with Crippen LogP contribution in [0.2, 0.25) is 0 Å². The molecule has 15 heavy (non-hydrogen) atoms. The Labute approximate surface area is 98.4 Å². The molecule has 0 radical (unpaired) electrons. The van der Waals surface area contributed by atoms with Gasteiger partial charge in [-0.1, -0.05) is 34.1 Å². The highest BCUT2D eigenvalue weighted by atomic mass is 79.9. The molecule has 1 heterocycles. The maximum atomic E-state index is 12.1. The highest BCUT2D eigenvalue weighted by Crippen LogP contribution is 2.31. The monoisotopic (exact) mass is 267 g/mol. The van der Waals surface area contributed by atoms with Gasteiger partial charge in [0.05, 0.1) is 4.32 Å². The molecule has 0 fully saturated rings. The maximum Gasteiger partial charge on any atom is 0.243 e. The lowest BCUT2D eigenvalue weighted by Gasteiger charge is -2.24. The SMILES string of the molecule is CC(C)(Br)C(=O)N1CCc2ccccc21. The first-order valence-electron chi connectivity index (χ1n) is 5.09. The van der Waals surface area contributed by atoms with Crippen molar-refractivity contribution >= 4 is 27.5 Å². The lowest BCUT2D eigenvalue weighted by atomic mass is 10.1. The van der Waals surface area contributed by atoms with Crippen molar-refractivity contribution in [2.75, 3.05) is 11.4 Å². The van der Waals surface area contributed by atoms with Gasteiger partial charge in [-0.2, -0.15) is 0 Å². The number of alkyl halides is 1. The van der Waals surface area contributed by atoms with Crippen molar-refractivity contribution in [3.8, 4) is 0 Å². The molecule has 0 unspecified atom stereocenters. The summed E-state index contributed by atoms with van der Waals surface area (Å²) in [6, 6.07) is 8.10. The minimum atomic E-state index is -0.482. The third kappa shape index (κ3) is 1.93. The number of carbonyl (C=O) groups excluding carboxylic acids is 1. The van der Waals surface area contributed by atoms with E-state index in [0.29, 0.717) is 0 Å². The van der Waals surface area contributed by atoms with E-state index in [2.05, 4.69) is 22.0 Å². The van der Waals surface area contributed by atoms with Crippen molar-refractivity contribution in [2.45, 2.75) is 24.6 Å². The molecular formula is C12H14BrNO. The zero-order valence-corrected chi connectivity index (χ0v) is 10.5.